The third-order valence-electron chi connectivity index (χ3n) is 3.32. The van der Waals surface area contributed by atoms with Crippen molar-refractivity contribution in [2.45, 2.75) is 52.3 Å². The molecule has 0 aliphatic carbocycles. The SMILES string of the molecule is C/C=C(\N=C(c1ccc(CO)cc1)C(C)CC)C(F)(F)F.[B]C([B])(C)O. The largest absolute Gasteiger partial charge is 0.433 e. The van der Waals surface area contributed by atoms with Crippen LogP contribution in [0.5, 0.6) is 0 Å². The van der Waals surface area contributed by atoms with Crippen LogP contribution in [0.3, 0.4) is 0 Å². The number of hydrogen-bond donors (Lipinski definition) is 2. The summed E-state index contributed by atoms with van der Waals surface area (Å²) in [6, 6.07) is 6.77. The van der Waals surface area contributed by atoms with E-state index in [4.69, 9.17) is 10.2 Å². The number of aliphatic hydroxyl groups excluding tert-OH is 1. The summed E-state index contributed by atoms with van der Waals surface area (Å²) in [6.07, 6.45) is -2.79. The highest BCUT2D eigenvalue weighted by molar-refractivity contribution is 6.38. The number of aliphatic hydroxyl groups is 2. The second-order valence-electron chi connectivity index (χ2n) is 6.06. The Kier molecular flexibility index (Phi) is 9.96. The molecule has 26 heavy (non-hydrogen) atoms. The summed E-state index contributed by atoms with van der Waals surface area (Å²) in [5.74, 6) is -0.0951. The molecule has 0 aliphatic heterocycles. The smallest absolute Gasteiger partial charge is 0.409 e. The van der Waals surface area contributed by atoms with Crippen LogP contribution in [0.2, 0.25) is 0 Å². The molecule has 2 N–H and O–H groups in total. The van der Waals surface area contributed by atoms with Crippen LogP contribution in [0.4, 0.5) is 13.2 Å². The lowest BCUT2D eigenvalue weighted by Crippen LogP contribution is -2.23. The quantitative estimate of drug-likeness (QED) is 0.620. The van der Waals surface area contributed by atoms with Crippen LogP contribution in [0.25, 0.3) is 0 Å². The van der Waals surface area contributed by atoms with Crippen molar-refractivity contribution in [1.82, 2.24) is 0 Å². The van der Waals surface area contributed by atoms with Gasteiger partial charge in [0.1, 0.15) is 5.70 Å². The Hall–Kier alpha value is -1.53. The van der Waals surface area contributed by atoms with Crippen LogP contribution in [-0.4, -0.2) is 43.2 Å². The molecule has 0 saturated carbocycles. The summed E-state index contributed by atoms with van der Waals surface area (Å²) < 4.78 is 38.6. The maximum absolute atomic E-state index is 12.9. The standard InChI is InChI=1S/C16H20F3NO.C2H4B2O/c1-4-11(3)15(20-14(5-2)16(17,18)19)13-8-6-12(10-21)7-9-13;1-2(3,4)5/h5-9,11,21H,4,10H2,1-3H3;5H,1H3/b14-5-,20-15?;. The van der Waals surface area contributed by atoms with E-state index in [0.29, 0.717) is 23.3 Å². The van der Waals surface area contributed by atoms with E-state index in [2.05, 4.69) is 20.7 Å². The van der Waals surface area contributed by atoms with Gasteiger partial charge in [0, 0.05) is 0 Å². The molecule has 0 aromatic heterocycles. The second kappa shape index (κ2) is 10.6. The maximum Gasteiger partial charge on any atom is 0.433 e. The number of rotatable bonds is 5. The summed E-state index contributed by atoms with van der Waals surface area (Å²) in [4.78, 5) is 3.85. The Morgan fingerprint density at radius 1 is 1.23 bits per heavy atom. The molecule has 0 bridgehead atoms. The van der Waals surface area contributed by atoms with Gasteiger partial charge in [-0.1, -0.05) is 51.1 Å². The Morgan fingerprint density at radius 3 is 2.00 bits per heavy atom. The number of hydrogen-bond acceptors (Lipinski definition) is 3. The fourth-order valence-electron chi connectivity index (χ4n) is 1.85. The molecule has 1 aromatic carbocycles. The molecular weight excluding hydrogens is 341 g/mol. The highest BCUT2D eigenvalue weighted by Crippen LogP contribution is 2.28. The molecule has 0 fully saturated rings. The fourth-order valence-corrected chi connectivity index (χ4v) is 1.85. The molecule has 140 valence electrons. The highest BCUT2D eigenvalue weighted by Gasteiger charge is 2.33. The van der Waals surface area contributed by atoms with Crippen molar-refractivity contribution in [2.24, 2.45) is 10.9 Å². The van der Waals surface area contributed by atoms with Gasteiger partial charge in [-0.2, -0.15) is 13.2 Å². The van der Waals surface area contributed by atoms with Gasteiger partial charge in [-0.05, 0) is 35.8 Å². The number of nitrogens with zero attached hydrogens (tertiary/aromatic N) is 1. The van der Waals surface area contributed by atoms with Crippen molar-refractivity contribution >= 4 is 21.4 Å². The lowest BCUT2D eigenvalue weighted by Gasteiger charge is -2.16. The van der Waals surface area contributed by atoms with Gasteiger partial charge < -0.3 is 10.2 Å². The summed E-state index contributed by atoms with van der Waals surface area (Å²) >= 11 is 0. The average molecular weight is 365 g/mol. The van der Waals surface area contributed by atoms with E-state index in [1.165, 1.54) is 13.8 Å². The molecule has 8 heteroatoms. The first-order valence-electron chi connectivity index (χ1n) is 8.15. The van der Waals surface area contributed by atoms with E-state index >= 15 is 0 Å². The lowest BCUT2D eigenvalue weighted by molar-refractivity contribution is -0.0924. The number of benzene rings is 1. The molecule has 1 unspecified atom stereocenters. The minimum Gasteiger partial charge on any atom is -0.409 e. The number of aliphatic imine (C=N–C) groups is 1. The zero-order valence-electron chi connectivity index (χ0n) is 15.5. The first-order valence-corrected chi connectivity index (χ1v) is 8.15. The Morgan fingerprint density at radius 2 is 1.69 bits per heavy atom. The van der Waals surface area contributed by atoms with Crippen molar-refractivity contribution < 1.29 is 23.4 Å². The average Bonchev–Trinajstić information content (AvgIpc) is 2.52. The van der Waals surface area contributed by atoms with Crippen molar-refractivity contribution in [3.8, 4) is 0 Å². The Labute approximate surface area is 155 Å². The van der Waals surface area contributed by atoms with Crippen molar-refractivity contribution in [2.75, 3.05) is 0 Å². The van der Waals surface area contributed by atoms with Gasteiger partial charge in [-0.3, -0.25) is 0 Å². The summed E-state index contributed by atoms with van der Waals surface area (Å²) in [7, 11) is 9.38. The van der Waals surface area contributed by atoms with Crippen molar-refractivity contribution in [3.05, 3.63) is 47.2 Å². The van der Waals surface area contributed by atoms with E-state index in [0.717, 1.165) is 6.08 Å². The minimum absolute atomic E-state index is 0.0951. The van der Waals surface area contributed by atoms with E-state index in [9.17, 15) is 13.2 Å². The van der Waals surface area contributed by atoms with Gasteiger partial charge in [0.2, 0.25) is 0 Å². The van der Waals surface area contributed by atoms with Crippen molar-refractivity contribution in [3.63, 3.8) is 0 Å². The van der Waals surface area contributed by atoms with Crippen LogP contribution in [0, 0.1) is 5.92 Å². The first kappa shape index (κ1) is 24.5. The molecule has 0 saturated heterocycles. The summed E-state index contributed by atoms with van der Waals surface area (Å²) in [5, 5.41) is 15.6. The number of halogens is 3. The number of alkyl halides is 3. The summed E-state index contributed by atoms with van der Waals surface area (Å²) in [5.41, 5.74) is 0.880. The zero-order chi connectivity index (χ0) is 20.5. The first-order chi connectivity index (χ1) is 11.8. The maximum atomic E-state index is 12.9. The molecule has 3 nitrogen and oxygen atoms in total. The Balaban J connectivity index is 0.00000110. The van der Waals surface area contributed by atoms with Gasteiger partial charge in [0.15, 0.2) is 0 Å². The predicted molar refractivity (Wildman–Crippen MR) is 100 cm³/mol. The van der Waals surface area contributed by atoms with Gasteiger partial charge in [0.05, 0.1) is 28.0 Å². The lowest BCUT2D eigenvalue weighted by atomic mass is 9.67. The molecular formula is C18H24B2F3NO2. The molecule has 1 rings (SSSR count). The van der Waals surface area contributed by atoms with Crippen LogP contribution >= 0.6 is 0 Å². The highest BCUT2D eigenvalue weighted by atomic mass is 19.4. The Bertz CT molecular complexity index is 600. The minimum atomic E-state index is -4.46. The normalized spacial score (nSPS) is 14.5. The van der Waals surface area contributed by atoms with Crippen LogP contribution < -0.4 is 0 Å². The van der Waals surface area contributed by atoms with Crippen LogP contribution in [-0.2, 0) is 6.61 Å². The summed E-state index contributed by atoms with van der Waals surface area (Å²) in [6.45, 7) is 6.29. The second-order valence-corrected chi connectivity index (χ2v) is 6.06. The molecule has 4 radical (unpaired) electrons. The van der Waals surface area contributed by atoms with Crippen molar-refractivity contribution in [1.29, 1.82) is 0 Å². The van der Waals surface area contributed by atoms with E-state index in [-0.39, 0.29) is 12.5 Å². The monoisotopic (exact) mass is 365 g/mol. The third-order valence-corrected chi connectivity index (χ3v) is 3.32. The number of allylic oxidation sites excluding steroid dienone is 2. The molecule has 1 aromatic rings. The molecule has 0 aliphatic rings. The molecule has 1 atom stereocenters. The fraction of sp³-hybridized carbons (Fsp3) is 0.500. The van der Waals surface area contributed by atoms with E-state index in [1.807, 2.05) is 13.8 Å². The van der Waals surface area contributed by atoms with Gasteiger partial charge in [-0.15, -0.1) is 0 Å². The molecule has 0 spiro atoms. The van der Waals surface area contributed by atoms with Gasteiger partial charge in [-0.25, -0.2) is 4.99 Å². The van der Waals surface area contributed by atoms with E-state index in [1.54, 1.807) is 24.3 Å². The zero-order valence-corrected chi connectivity index (χ0v) is 15.5. The third kappa shape index (κ3) is 9.82. The predicted octanol–water partition coefficient (Wildman–Crippen LogP) is 3.47. The molecule has 0 heterocycles. The van der Waals surface area contributed by atoms with E-state index < -0.39 is 17.3 Å². The van der Waals surface area contributed by atoms with Crippen LogP contribution in [0.1, 0.15) is 45.2 Å². The van der Waals surface area contributed by atoms with Crippen LogP contribution in [0.15, 0.2) is 41.0 Å². The van der Waals surface area contributed by atoms with Gasteiger partial charge >= 0.3 is 6.18 Å². The molecule has 0 amide bonds. The van der Waals surface area contributed by atoms with Gasteiger partial charge in [0.25, 0.3) is 0 Å². The topological polar surface area (TPSA) is 52.8 Å².